The molecule has 3 rings (SSSR count). The molecule has 0 atom stereocenters. The number of aromatic nitrogens is 3. The Morgan fingerprint density at radius 3 is 2.90 bits per heavy atom. The van der Waals surface area contributed by atoms with Crippen LogP contribution in [0.3, 0.4) is 0 Å². The summed E-state index contributed by atoms with van der Waals surface area (Å²) in [6, 6.07) is 7.21. The molecule has 0 spiro atoms. The van der Waals surface area contributed by atoms with Crippen molar-refractivity contribution in [1.82, 2.24) is 15.0 Å². The molecule has 0 saturated heterocycles. The van der Waals surface area contributed by atoms with Crippen molar-refractivity contribution in [2.75, 3.05) is 5.32 Å². The van der Waals surface area contributed by atoms with Gasteiger partial charge < -0.3 is 5.32 Å². The zero-order valence-electron chi connectivity index (χ0n) is 11.0. The van der Waals surface area contributed by atoms with Crippen LogP contribution >= 0.6 is 11.6 Å². The normalized spacial score (nSPS) is 10.5. The first-order chi connectivity index (χ1) is 10.2. The smallest absolute Gasteiger partial charge is 0.228 e. The first-order valence-corrected chi connectivity index (χ1v) is 6.69. The van der Waals surface area contributed by atoms with Crippen molar-refractivity contribution in [3.05, 3.63) is 59.6 Å². The molecule has 3 aromatic rings. The Hall–Kier alpha value is -2.53. The van der Waals surface area contributed by atoms with E-state index in [0.717, 1.165) is 5.56 Å². The van der Waals surface area contributed by atoms with Crippen LogP contribution in [0.4, 0.5) is 5.69 Å². The van der Waals surface area contributed by atoms with Gasteiger partial charge >= 0.3 is 0 Å². The molecule has 104 valence electrons. The number of benzene rings is 1. The number of hydrogen-bond donors (Lipinski definition) is 1. The standard InChI is InChI=1S/C15H11ClN4O/c16-11-3-1-2-10(6-11)7-14(21)20-13-9-17-8-12-15(13)19-5-4-18-12/h1-6,8-9H,7H2,(H,20,21). The molecular formula is C15H11ClN4O. The van der Waals surface area contributed by atoms with Gasteiger partial charge in [0.2, 0.25) is 5.91 Å². The summed E-state index contributed by atoms with van der Waals surface area (Å²) < 4.78 is 0. The molecular weight excluding hydrogens is 288 g/mol. The lowest BCUT2D eigenvalue weighted by atomic mass is 10.1. The third kappa shape index (κ3) is 3.14. The number of nitrogens with zero attached hydrogens (tertiary/aromatic N) is 3. The van der Waals surface area contributed by atoms with Gasteiger partial charge in [0, 0.05) is 17.4 Å². The fourth-order valence-electron chi connectivity index (χ4n) is 2.01. The molecule has 0 radical (unpaired) electrons. The molecule has 0 aliphatic rings. The second kappa shape index (κ2) is 5.85. The van der Waals surface area contributed by atoms with Gasteiger partial charge in [-0.1, -0.05) is 23.7 Å². The molecule has 21 heavy (non-hydrogen) atoms. The fourth-order valence-corrected chi connectivity index (χ4v) is 2.23. The lowest BCUT2D eigenvalue weighted by Gasteiger charge is -2.07. The lowest BCUT2D eigenvalue weighted by molar-refractivity contribution is -0.115. The molecule has 6 heteroatoms. The van der Waals surface area contributed by atoms with E-state index in [-0.39, 0.29) is 12.3 Å². The van der Waals surface area contributed by atoms with Crippen molar-refractivity contribution in [2.24, 2.45) is 0 Å². The molecule has 0 unspecified atom stereocenters. The number of halogens is 1. The number of fused-ring (bicyclic) bond motifs is 1. The third-order valence-electron chi connectivity index (χ3n) is 2.91. The van der Waals surface area contributed by atoms with E-state index in [2.05, 4.69) is 20.3 Å². The summed E-state index contributed by atoms with van der Waals surface area (Å²) in [5.74, 6) is -0.155. The average Bonchev–Trinajstić information content (AvgIpc) is 2.47. The van der Waals surface area contributed by atoms with Crippen molar-refractivity contribution in [3.8, 4) is 0 Å². The number of nitrogens with one attached hydrogen (secondary N) is 1. The summed E-state index contributed by atoms with van der Waals surface area (Å²) in [5, 5.41) is 3.42. The first-order valence-electron chi connectivity index (χ1n) is 6.31. The highest BCUT2D eigenvalue weighted by Gasteiger charge is 2.08. The Kier molecular flexibility index (Phi) is 3.75. The summed E-state index contributed by atoms with van der Waals surface area (Å²) in [4.78, 5) is 24.5. The Morgan fingerprint density at radius 1 is 1.19 bits per heavy atom. The summed E-state index contributed by atoms with van der Waals surface area (Å²) in [6.07, 6.45) is 6.57. The number of carbonyl (C=O) groups excluding carboxylic acids is 1. The van der Waals surface area contributed by atoms with Gasteiger partial charge in [0.1, 0.15) is 11.0 Å². The Balaban J connectivity index is 1.80. The van der Waals surface area contributed by atoms with Crippen LogP contribution in [0.25, 0.3) is 11.0 Å². The van der Waals surface area contributed by atoms with Crippen molar-refractivity contribution >= 4 is 34.2 Å². The largest absolute Gasteiger partial charge is 0.323 e. The van der Waals surface area contributed by atoms with Crippen LogP contribution in [-0.2, 0) is 11.2 Å². The summed E-state index contributed by atoms with van der Waals surface area (Å²) in [7, 11) is 0. The summed E-state index contributed by atoms with van der Waals surface area (Å²) in [6.45, 7) is 0. The number of carbonyl (C=O) groups is 1. The topological polar surface area (TPSA) is 67.8 Å². The predicted molar refractivity (Wildman–Crippen MR) is 81.1 cm³/mol. The molecule has 0 aliphatic heterocycles. The molecule has 0 bridgehead atoms. The van der Waals surface area contributed by atoms with Gasteiger partial charge in [-0.05, 0) is 17.7 Å². The highest BCUT2D eigenvalue weighted by atomic mass is 35.5. The minimum atomic E-state index is -0.155. The van der Waals surface area contributed by atoms with Crippen LogP contribution in [0.1, 0.15) is 5.56 Å². The molecule has 0 aliphatic carbocycles. The van der Waals surface area contributed by atoms with E-state index in [1.54, 1.807) is 36.9 Å². The van der Waals surface area contributed by atoms with Crippen LogP contribution in [0.15, 0.2) is 49.1 Å². The van der Waals surface area contributed by atoms with Gasteiger partial charge in [-0.15, -0.1) is 0 Å². The summed E-state index contributed by atoms with van der Waals surface area (Å²) in [5.41, 5.74) is 2.65. The Labute approximate surface area is 126 Å². The van der Waals surface area contributed by atoms with Crippen molar-refractivity contribution in [1.29, 1.82) is 0 Å². The van der Waals surface area contributed by atoms with Gasteiger partial charge in [0.05, 0.1) is 24.5 Å². The van der Waals surface area contributed by atoms with E-state index in [1.807, 2.05) is 12.1 Å². The molecule has 2 aromatic heterocycles. The van der Waals surface area contributed by atoms with Crippen molar-refractivity contribution < 1.29 is 4.79 Å². The van der Waals surface area contributed by atoms with E-state index in [0.29, 0.717) is 21.7 Å². The maximum Gasteiger partial charge on any atom is 0.228 e. The summed E-state index contributed by atoms with van der Waals surface area (Å²) >= 11 is 5.91. The van der Waals surface area contributed by atoms with E-state index >= 15 is 0 Å². The number of anilines is 1. The molecule has 1 N–H and O–H groups in total. The highest BCUT2D eigenvalue weighted by molar-refractivity contribution is 6.30. The van der Waals surface area contributed by atoms with E-state index in [1.165, 1.54) is 0 Å². The average molecular weight is 299 g/mol. The van der Waals surface area contributed by atoms with Gasteiger partial charge in [0.15, 0.2) is 0 Å². The van der Waals surface area contributed by atoms with Crippen molar-refractivity contribution in [2.45, 2.75) is 6.42 Å². The van der Waals surface area contributed by atoms with Crippen LogP contribution in [0, 0.1) is 0 Å². The first kappa shape index (κ1) is 13.5. The maximum atomic E-state index is 12.1. The molecule has 2 heterocycles. The quantitative estimate of drug-likeness (QED) is 0.807. The maximum absolute atomic E-state index is 12.1. The third-order valence-corrected chi connectivity index (χ3v) is 3.15. The predicted octanol–water partition coefficient (Wildman–Crippen LogP) is 2.86. The number of pyridine rings is 1. The number of rotatable bonds is 3. The minimum absolute atomic E-state index is 0.155. The van der Waals surface area contributed by atoms with Crippen LogP contribution in [0.2, 0.25) is 5.02 Å². The minimum Gasteiger partial charge on any atom is -0.323 e. The van der Waals surface area contributed by atoms with Crippen LogP contribution in [0.5, 0.6) is 0 Å². The second-order valence-corrected chi connectivity index (χ2v) is 4.90. The molecule has 0 saturated carbocycles. The van der Waals surface area contributed by atoms with Crippen molar-refractivity contribution in [3.63, 3.8) is 0 Å². The van der Waals surface area contributed by atoms with Crippen LogP contribution < -0.4 is 5.32 Å². The number of amides is 1. The monoisotopic (exact) mass is 298 g/mol. The highest BCUT2D eigenvalue weighted by Crippen LogP contribution is 2.18. The number of hydrogen-bond acceptors (Lipinski definition) is 4. The Bertz CT molecular complexity index is 801. The van der Waals surface area contributed by atoms with Gasteiger partial charge in [-0.25, -0.2) is 0 Å². The molecule has 1 aromatic carbocycles. The van der Waals surface area contributed by atoms with E-state index in [9.17, 15) is 4.79 Å². The fraction of sp³-hybridized carbons (Fsp3) is 0.0667. The van der Waals surface area contributed by atoms with Gasteiger partial charge in [0.25, 0.3) is 0 Å². The van der Waals surface area contributed by atoms with Crippen LogP contribution in [-0.4, -0.2) is 20.9 Å². The SMILES string of the molecule is O=C(Cc1cccc(Cl)c1)Nc1cncc2nccnc12. The Morgan fingerprint density at radius 2 is 2.05 bits per heavy atom. The lowest BCUT2D eigenvalue weighted by Crippen LogP contribution is -2.15. The zero-order chi connectivity index (χ0) is 14.7. The second-order valence-electron chi connectivity index (χ2n) is 4.47. The zero-order valence-corrected chi connectivity index (χ0v) is 11.7. The molecule has 0 fully saturated rings. The molecule has 5 nitrogen and oxygen atoms in total. The van der Waals surface area contributed by atoms with Gasteiger partial charge in [-0.2, -0.15) is 0 Å². The molecule has 1 amide bonds. The van der Waals surface area contributed by atoms with Gasteiger partial charge in [-0.3, -0.25) is 19.7 Å². The van der Waals surface area contributed by atoms with E-state index in [4.69, 9.17) is 11.6 Å². The van der Waals surface area contributed by atoms with E-state index < -0.39 is 0 Å².